The van der Waals surface area contributed by atoms with Crippen LogP contribution in [0.25, 0.3) is 0 Å². The fourth-order valence-electron chi connectivity index (χ4n) is 1.74. The Bertz CT molecular complexity index is 733. The summed E-state index contributed by atoms with van der Waals surface area (Å²) in [6.07, 6.45) is 0. The Morgan fingerprint density at radius 1 is 1.09 bits per heavy atom. The smallest absolute Gasteiger partial charge is 0.258 e. The van der Waals surface area contributed by atoms with Crippen LogP contribution in [0, 0.1) is 24.0 Å². The number of nitro groups is 1. The Hall–Kier alpha value is -0.730. The van der Waals surface area contributed by atoms with Gasteiger partial charge in [0.15, 0.2) is 5.16 Å². The molecule has 2 aromatic rings. The topological polar surface area (TPSA) is 68.9 Å². The summed E-state index contributed by atoms with van der Waals surface area (Å²) in [5.74, 6) is 0. The molecule has 1 aromatic heterocycles. The van der Waals surface area contributed by atoms with E-state index in [4.69, 9.17) is 34.8 Å². The van der Waals surface area contributed by atoms with Crippen LogP contribution in [0.5, 0.6) is 0 Å². The minimum atomic E-state index is -1.77. The van der Waals surface area contributed by atoms with E-state index in [0.29, 0.717) is 10.1 Å². The molecule has 0 spiro atoms. The second kappa shape index (κ2) is 7.44. The normalized spacial score (nSPS) is 11.5. The zero-order chi connectivity index (χ0) is 17.2. The molecule has 0 aliphatic heterocycles. The summed E-state index contributed by atoms with van der Waals surface area (Å²) in [4.78, 5) is 19.6. The van der Waals surface area contributed by atoms with Gasteiger partial charge >= 0.3 is 0 Å². The first kappa shape index (κ1) is 18.6. The van der Waals surface area contributed by atoms with E-state index in [1.54, 1.807) is 6.07 Å². The van der Waals surface area contributed by atoms with E-state index < -0.39 is 8.72 Å². The van der Waals surface area contributed by atoms with Gasteiger partial charge in [0.2, 0.25) is 3.79 Å². The summed E-state index contributed by atoms with van der Waals surface area (Å²) < 4.78 is -1.77. The van der Waals surface area contributed by atoms with Crippen LogP contribution in [-0.2, 0) is 3.79 Å². The van der Waals surface area contributed by atoms with Crippen LogP contribution in [0.15, 0.2) is 34.3 Å². The van der Waals surface area contributed by atoms with E-state index in [-0.39, 0.29) is 11.3 Å². The molecule has 0 saturated heterocycles. The predicted molar refractivity (Wildman–Crippen MR) is 95.6 cm³/mol. The number of non-ortho nitro benzene ring substituents is 1. The quantitative estimate of drug-likeness (QED) is 0.214. The standard InChI is InChI=1S/C13H10Cl3N3O2S2/c1-7-5-8(2)18-12(17-7)23-22-11-4-3-9(19(20)21)6-10(11)13(14,15)16/h3-6H,1-2H3. The molecule has 122 valence electrons. The Morgan fingerprint density at radius 3 is 2.22 bits per heavy atom. The molecule has 10 heteroatoms. The van der Waals surface area contributed by atoms with Crippen LogP contribution in [-0.4, -0.2) is 14.9 Å². The van der Waals surface area contributed by atoms with Crippen molar-refractivity contribution in [3.8, 4) is 0 Å². The monoisotopic (exact) mass is 409 g/mol. The van der Waals surface area contributed by atoms with Gasteiger partial charge in [0.05, 0.1) is 4.92 Å². The molecule has 0 bridgehead atoms. The lowest BCUT2D eigenvalue weighted by molar-refractivity contribution is -0.385. The Balaban J connectivity index is 2.30. The lowest BCUT2D eigenvalue weighted by atomic mass is 10.2. The van der Waals surface area contributed by atoms with Crippen molar-refractivity contribution in [2.75, 3.05) is 0 Å². The second-order valence-corrected chi connectivity index (χ2v) is 8.95. The zero-order valence-electron chi connectivity index (χ0n) is 11.9. The van der Waals surface area contributed by atoms with Crippen molar-refractivity contribution in [1.29, 1.82) is 0 Å². The van der Waals surface area contributed by atoms with Gasteiger partial charge in [0.25, 0.3) is 5.69 Å². The molecule has 0 saturated carbocycles. The highest BCUT2D eigenvalue weighted by Crippen LogP contribution is 2.47. The first-order valence-electron chi connectivity index (χ1n) is 6.19. The number of nitro benzene ring substituents is 1. The van der Waals surface area contributed by atoms with Gasteiger partial charge < -0.3 is 0 Å². The van der Waals surface area contributed by atoms with Gasteiger partial charge in [0.1, 0.15) is 0 Å². The SMILES string of the molecule is Cc1cc(C)nc(SSc2ccc([N+](=O)[O-])cc2C(Cl)(Cl)Cl)n1. The highest BCUT2D eigenvalue weighted by molar-refractivity contribution is 8.76. The third kappa shape index (κ3) is 5.12. The van der Waals surface area contributed by atoms with Crippen molar-refractivity contribution in [2.45, 2.75) is 27.7 Å². The summed E-state index contributed by atoms with van der Waals surface area (Å²) in [7, 11) is 2.58. The number of hydrogen-bond donors (Lipinski definition) is 0. The zero-order valence-corrected chi connectivity index (χ0v) is 15.8. The van der Waals surface area contributed by atoms with E-state index in [1.165, 1.54) is 33.7 Å². The number of benzene rings is 1. The van der Waals surface area contributed by atoms with E-state index in [1.807, 2.05) is 19.9 Å². The van der Waals surface area contributed by atoms with Crippen molar-refractivity contribution < 1.29 is 4.92 Å². The minimum absolute atomic E-state index is 0.136. The lowest BCUT2D eigenvalue weighted by Crippen LogP contribution is -2.03. The molecule has 0 unspecified atom stereocenters. The molecular formula is C13H10Cl3N3O2S2. The van der Waals surface area contributed by atoms with E-state index in [2.05, 4.69) is 9.97 Å². The molecule has 0 N–H and O–H groups in total. The number of aryl methyl sites for hydroxylation is 2. The van der Waals surface area contributed by atoms with Crippen molar-refractivity contribution in [3.05, 3.63) is 51.3 Å². The molecule has 0 radical (unpaired) electrons. The molecule has 0 fully saturated rings. The molecular weight excluding hydrogens is 401 g/mol. The van der Waals surface area contributed by atoms with Crippen LogP contribution >= 0.6 is 56.4 Å². The molecule has 23 heavy (non-hydrogen) atoms. The molecule has 0 aliphatic carbocycles. The van der Waals surface area contributed by atoms with E-state index in [9.17, 15) is 10.1 Å². The van der Waals surface area contributed by atoms with Crippen molar-refractivity contribution in [1.82, 2.24) is 9.97 Å². The maximum Gasteiger partial charge on any atom is 0.269 e. The van der Waals surface area contributed by atoms with Crippen molar-refractivity contribution in [2.24, 2.45) is 0 Å². The number of halogens is 3. The Labute approximate surface area is 155 Å². The highest BCUT2D eigenvalue weighted by atomic mass is 35.6. The van der Waals surface area contributed by atoms with E-state index in [0.717, 1.165) is 11.4 Å². The third-order valence-corrected chi connectivity index (χ3v) is 5.44. The van der Waals surface area contributed by atoms with Gasteiger partial charge in [0, 0.05) is 34.0 Å². The molecule has 0 amide bonds. The molecule has 5 nitrogen and oxygen atoms in total. The highest BCUT2D eigenvalue weighted by Gasteiger charge is 2.29. The second-order valence-electron chi connectivity index (χ2n) is 4.54. The Kier molecular flexibility index (Phi) is 6.02. The third-order valence-electron chi connectivity index (χ3n) is 2.65. The van der Waals surface area contributed by atoms with Gasteiger partial charge in [-0.3, -0.25) is 10.1 Å². The van der Waals surface area contributed by atoms with Crippen molar-refractivity contribution >= 4 is 62.1 Å². The number of rotatable bonds is 4. The largest absolute Gasteiger partial charge is 0.269 e. The van der Waals surface area contributed by atoms with Gasteiger partial charge in [-0.1, -0.05) is 34.8 Å². The van der Waals surface area contributed by atoms with Crippen molar-refractivity contribution in [3.63, 3.8) is 0 Å². The van der Waals surface area contributed by atoms with Crippen LogP contribution in [0.2, 0.25) is 0 Å². The van der Waals surface area contributed by atoms with Crippen LogP contribution < -0.4 is 0 Å². The van der Waals surface area contributed by atoms with Gasteiger partial charge in [-0.05, 0) is 47.6 Å². The van der Waals surface area contributed by atoms with Crippen LogP contribution in [0.3, 0.4) is 0 Å². The van der Waals surface area contributed by atoms with E-state index >= 15 is 0 Å². The molecule has 1 heterocycles. The van der Waals surface area contributed by atoms with Gasteiger partial charge in [-0.15, -0.1) is 0 Å². The molecule has 0 aliphatic rings. The number of aromatic nitrogens is 2. The predicted octanol–water partition coefficient (Wildman–Crippen LogP) is 5.63. The molecule has 1 aromatic carbocycles. The fourth-order valence-corrected chi connectivity index (χ4v) is 4.48. The first-order valence-corrected chi connectivity index (χ1v) is 9.47. The summed E-state index contributed by atoms with van der Waals surface area (Å²) >= 11 is 17.8. The molecule has 2 rings (SSSR count). The minimum Gasteiger partial charge on any atom is -0.258 e. The fraction of sp³-hybridized carbons (Fsp3) is 0.231. The average Bonchev–Trinajstić information content (AvgIpc) is 2.42. The molecule has 0 atom stereocenters. The van der Waals surface area contributed by atoms with Crippen LogP contribution in [0.1, 0.15) is 17.0 Å². The Morgan fingerprint density at radius 2 is 1.70 bits per heavy atom. The summed E-state index contributed by atoms with van der Waals surface area (Å²) in [6.45, 7) is 3.75. The van der Waals surface area contributed by atoms with Gasteiger partial charge in [-0.2, -0.15) is 0 Å². The summed E-state index contributed by atoms with van der Waals surface area (Å²) in [6, 6.07) is 6.05. The number of nitrogens with zero attached hydrogens (tertiary/aromatic N) is 3. The maximum absolute atomic E-state index is 10.9. The number of hydrogen-bond acceptors (Lipinski definition) is 6. The lowest BCUT2D eigenvalue weighted by Gasteiger charge is -2.15. The summed E-state index contributed by atoms with van der Waals surface area (Å²) in [5, 5.41) is 11.5. The van der Waals surface area contributed by atoms with Crippen LogP contribution in [0.4, 0.5) is 5.69 Å². The average molecular weight is 411 g/mol. The maximum atomic E-state index is 10.9. The summed E-state index contributed by atoms with van der Waals surface area (Å²) in [5.41, 5.74) is 1.82. The van der Waals surface area contributed by atoms with Gasteiger partial charge in [-0.25, -0.2) is 9.97 Å². The first-order chi connectivity index (χ1) is 10.7. The number of alkyl halides is 3.